The maximum Gasteiger partial charge on any atom is 0.269 e. The van der Waals surface area contributed by atoms with Crippen LogP contribution in [-0.4, -0.2) is 29.0 Å². The number of rotatable bonds is 5. The number of nitrogens with zero attached hydrogens (tertiary/aromatic N) is 2. The van der Waals surface area contributed by atoms with Crippen LogP contribution in [-0.2, 0) is 16.4 Å². The van der Waals surface area contributed by atoms with Crippen LogP contribution >= 0.6 is 0 Å². The summed E-state index contributed by atoms with van der Waals surface area (Å²) in [7, 11) is -3.89. The van der Waals surface area contributed by atoms with E-state index in [0.29, 0.717) is 11.9 Å². The molecule has 1 heterocycles. The zero-order chi connectivity index (χ0) is 17.3. The molecule has 0 fully saturated rings. The molecule has 0 atom stereocenters. The summed E-state index contributed by atoms with van der Waals surface area (Å²) in [5.74, 6) is 0. The van der Waals surface area contributed by atoms with Crippen molar-refractivity contribution in [2.75, 3.05) is 6.61 Å². The molecule has 0 unspecified atom stereocenters. The summed E-state index contributed by atoms with van der Waals surface area (Å²) < 4.78 is 26.9. The van der Waals surface area contributed by atoms with E-state index in [-0.39, 0.29) is 17.2 Å². The molecule has 1 aromatic heterocycles. The zero-order valence-electron chi connectivity index (χ0n) is 12.5. The fraction of sp³-hybridized carbons (Fsp3) is 0.125. The number of aromatic nitrogens is 1. The average Bonchev–Trinajstić information content (AvgIpc) is 2.95. The van der Waals surface area contributed by atoms with Gasteiger partial charge in [0.25, 0.3) is 15.7 Å². The number of benzene rings is 2. The average molecular weight is 346 g/mol. The minimum atomic E-state index is -3.89. The highest BCUT2D eigenvalue weighted by molar-refractivity contribution is 7.90. The molecule has 8 heteroatoms. The van der Waals surface area contributed by atoms with E-state index in [4.69, 9.17) is 5.11 Å². The Bertz CT molecular complexity index is 1010. The molecular formula is C16H14N2O5S. The van der Waals surface area contributed by atoms with E-state index in [1.165, 1.54) is 18.3 Å². The zero-order valence-corrected chi connectivity index (χ0v) is 13.3. The number of nitro groups is 1. The number of aliphatic hydroxyl groups excluding tert-OH is 1. The van der Waals surface area contributed by atoms with E-state index in [9.17, 15) is 18.5 Å². The summed E-state index contributed by atoms with van der Waals surface area (Å²) in [4.78, 5) is 10.1. The minimum Gasteiger partial charge on any atom is -0.396 e. The van der Waals surface area contributed by atoms with Gasteiger partial charge in [-0.15, -0.1) is 0 Å². The van der Waals surface area contributed by atoms with Gasteiger partial charge in [-0.05, 0) is 30.2 Å². The SMILES string of the molecule is O=[N+]([O-])c1ccc(S(=O)(=O)n2cc(CCO)c3ccccc32)cc1. The highest BCUT2D eigenvalue weighted by Gasteiger charge is 2.21. The van der Waals surface area contributed by atoms with Crippen LogP contribution in [0.3, 0.4) is 0 Å². The Morgan fingerprint density at radius 1 is 1.08 bits per heavy atom. The van der Waals surface area contributed by atoms with Crippen molar-refractivity contribution < 1.29 is 18.4 Å². The lowest BCUT2D eigenvalue weighted by atomic mass is 10.1. The van der Waals surface area contributed by atoms with E-state index >= 15 is 0 Å². The molecule has 0 radical (unpaired) electrons. The number of hydrogen-bond acceptors (Lipinski definition) is 5. The van der Waals surface area contributed by atoms with Crippen molar-refractivity contribution >= 4 is 26.6 Å². The summed E-state index contributed by atoms with van der Waals surface area (Å²) in [5.41, 5.74) is 1.05. The van der Waals surface area contributed by atoms with E-state index in [1.807, 2.05) is 0 Å². The Kier molecular flexibility index (Phi) is 4.08. The lowest BCUT2D eigenvalue weighted by Crippen LogP contribution is -2.11. The van der Waals surface area contributed by atoms with E-state index < -0.39 is 14.9 Å². The molecule has 124 valence electrons. The van der Waals surface area contributed by atoms with Gasteiger partial charge in [0.15, 0.2) is 0 Å². The third kappa shape index (κ3) is 2.66. The second-order valence-corrected chi connectivity index (χ2v) is 7.01. The standard InChI is InChI=1S/C16H14N2O5S/c19-10-9-12-11-17(16-4-2-1-3-15(12)16)24(22,23)14-7-5-13(6-8-14)18(20)21/h1-8,11,19H,9-10H2. The maximum absolute atomic E-state index is 12.9. The predicted octanol–water partition coefficient (Wildman–Crippen LogP) is 2.32. The van der Waals surface area contributed by atoms with Crippen LogP contribution in [0.25, 0.3) is 10.9 Å². The Hall–Kier alpha value is -2.71. The summed E-state index contributed by atoms with van der Waals surface area (Å²) in [5, 5.41) is 20.6. The molecule has 0 bridgehead atoms. The van der Waals surface area contributed by atoms with Crippen LogP contribution in [0.2, 0.25) is 0 Å². The molecule has 7 nitrogen and oxygen atoms in total. The quantitative estimate of drug-likeness (QED) is 0.564. The monoisotopic (exact) mass is 346 g/mol. The van der Waals surface area contributed by atoms with Gasteiger partial charge in [0, 0.05) is 30.3 Å². The molecule has 0 aliphatic rings. The summed E-state index contributed by atoms with van der Waals surface area (Å²) >= 11 is 0. The van der Waals surface area contributed by atoms with Crippen LogP contribution in [0, 0.1) is 10.1 Å². The van der Waals surface area contributed by atoms with Crippen molar-refractivity contribution in [3.63, 3.8) is 0 Å². The van der Waals surface area contributed by atoms with Gasteiger partial charge in [-0.2, -0.15) is 0 Å². The number of para-hydroxylation sites is 1. The van der Waals surface area contributed by atoms with E-state index in [1.54, 1.807) is 24.3 Å². The molecule has 3 aromatic rings. The van der Waals surface area contributed by atoms with Crippen LogP contribution in [0.1, 0.15) is 5.56 Å². The van der Waals surface area contributed by atoms with Crippen LogP contribution in [0.5, 0.6) is 0 Å². The molecule has 0 saturated heterocycles. The fourth-order valence-electron chi connectivity index (χ4n) is 2.59. The number of fused-ring (bicyclic) bond motifs is 1. The lowest BCUT2D eigenvalue weighted by molar-refractivity contribution is -0.384. The summed E-state index contributed by atoms with van der Waals surface area (Å²) in [6, 6.07) is 11.8. The molecule has 24 heavy (non-hydrogen) atoms. The highest BCUT2D eigenvalue weighted by Crippen LogP contribution is 2.27. The summed E-state index contributed by atoms with van der Waals surface area (Å²) in [6.07, 6.45) is 1.82. The Morgan fingerprint density at radius 3 is 2.38 bits per heavy atom. The Labute approximate surface area is 138 Å². The van der Waals surface area contributed by atoms with Gasteiger partial charge >= 0.3 is 0 Å². The number of nitro benzene ring substituents is 1. The first-order valence-corrected chi connectivity index (χ1v) is 8.59. The van der Waals surface area contributed by atoms with Gasteiger partial charge in [-0.1, -0.05) is 18.2 Å². The van der Waals surface area contributed by atoms with Crippen LogP contribution in [0.4, 0.5) is 5.69 Å². The van der Waals surface area contributed by atoms with Crippen molar-refractivity contribution in [1.82, 2.24) is 3.97 Å². The molecule has 0 saturated carbocycles. The first-order valence-electron chi connectivity index (χ1n) is 7.15. The van der Waals surface area contributed by atoms with Gasteiger partial charge in [0.1, 0.15) is 0 Å². The topological polar surface area (TPSA) is 102 Å². The van der Waals surface area contributed by atoms with Gasteiger partial charge < -0.3 is 5.11 Å². The van der Waals surface area contributed by atoms with Gasteiger partial charge in [0.2, 0.25) is 0 Å². The van der Waals surface area contributed by atoms with E-state index in [2.05, 4.69) is 0 Å². The van der Waals surface area contributed by atoms with E-state index in [0.717, 1.165) is 27.1 Å². The molecule has 0 aliphatic heterocycles. The summed E-state index contributed by atoms with van der Waals surface area (Å²) in [6.45, 7) is -0.0917. The third-order valence-electron chi connectivity index (χ3n) is 3.75. The molecule has 2 aromatic carbocycles. The number of hydrogen-bond donors (Lipinski definition) is 1. The first-order chi connectivity index (χ1) is 11.4. The molecule has 0 spiro atoms. The molecular weight excluding hydrogens is 332 g/mol. The third-order valence-corrected chi connectivity index (χ3v) is 5.43. The van der Waals surface area contributed by atoms with Gasteiger partial charge in [-0.3, -0.25) is 10.1 Å². The fourth-order valence-corrected chi connectivity index (χ4v) is 3.98. The minimum absolute atomic E-state index is 0.0376. The normalized spacial score (nSPS) is 11.7. The second kappa shape index (κ2) is 6.06. The molecule has 3 rings (SSSR count). The molecule has 0 amide bonds. The maximum atomic E-state index is 12.9. The van der Waals surface area contributed by atoms with Crippen molar-refractivity contribution in [3.8, 4) is 0 Å². The predicted molar refractivity (Wildman–Crippen MR) is 88.4 cm³/mol. The van der Waals surface area contributed by atoms with Crippen molar-refractivity contribution in [1.29, 1.82) is 0 Å². The molecule has 0 aliphatic carbocycles. The van der Waals surface area contributed by atoms with Gasteiger partial charge in [-0.25, -0.2) is 12.4 Å². The van der Waals surface area contributed by atoms with Crippen LogP contribution in [0.15, 0.2) is 59.6 Å². The highest BCUT2D eigenvalue weighted by atomic mass is 32.2. The largest absolute Gasteiger partial charge is 0.396 e. The number of non-ortho nitro benzene ring substituents is 1. The van der Waals surface area contributed by atoms with Crippen molar-refractivity contribution in [2.24, 2.45) is 0 Å². The van der Waals surface area contributed by atoms with Crippen LogP contribution < -0.4 is 0 Å². The smallest absolute Gasteiger partial charge is 0.269 e. The van der Waals surface area contributed by atoms with Crippen molar-refractivity contribution in [3.05, 3.63) is 70.4 Å². The Balaban J connectivity index is 2.16. The first kappa shape index (κ1) is 16.2. The van der Waals surface area contributed by atoms with Gasteiger partial charge in [0.05, 0.1) is 15.3 Å². The molecule has 1 N–H and O–H groups in total. The second-order valence-electron chi connectivity index (χ2n) is 5.20. The lowest BCUT2D eigenvalue weighted by Gasteiger charge is -2.07. The number of aliphatic hydroxyl groups is 1. The Morgan fingerprint density at radius 2 is 1.75 bits per heavy atom. The van der Waals surface area contributed by atoms with Crippen molar-refractivity contribution in [2.45, 2.75) is 11.3 Å².